The van der Waals surface area contributed by atoms with Crippen molar-refractivity contribution in [3.8, 4) is 11.1 Å². The molecule has 2 saturated heterocycles. The van der Waals surface area contributed by atoms with Crippen LogP contribution in [0.3, 0.4) is 0 Å². The van der Waals surface area contributed by atoms with Crippen LogP contribution >= 0.6 is 0 Å². The number of piperazine rings is 1. The van der Waals surface area contributed by atoms with Gasteiger partial charge in [0.25, 0.3) is 0 Å². The fraction of sp³-hybridized carbons (Fsp3) is 0.435. The second-order valence-corrected chi connectivity index (χ2v) is 8.21. The van der Waals surface area contributed by atoms with E-state index in [2.05, 4.69) is 51.1 Å². The summed E-state index contributed by atoms with van der Waals surface area (Å²) in [7, 11) is 0. The highest BCUT2D eigenvalue weighted by molar-refractivity contribution is 5.80. The molecule has 0 aromatic carbocycles. The third-order valence-electron chi connectivity index (χ3n) is 6.26. The molecule has 0 bridgehead atoms. The lowest BCUT2D eigenvalue weighted by molar-refractivity contribution is 0.195. The van der Waals surface area contributed by atoms with Gasteiger partial charge in [-0.1, -0.05) is 6.07 Å². The van der Waals surface area contributed by atoms with Crippen molar-refractivity contribution >= 4 is 17.2 Å². The van der Waals surface area contributed by atoms with Crippen molar-refractivity contribution < 1.29 is 4.79 Å². The molecule has 8 nitrogen and oxygen atoms in total. The first-order valence-corrected chi connectivity index (χ1v) is 11.2. The van der Waals surface area contributed by atoms with Crippen molar-refractivity contribution in [2.45, 2.75) is 25.8 Å². The highest BCUT2D eigenvalue weighted by atomic mass is 16.2. The average Bonchev–Trinajstić information content (AvgIpc) is 3.49. The maximum atomic E-state index is 12.1. The van der Waals surface area contributed by atoms with Crippen LogP contribution in [0.5, 0.6) is 0 Å². The van der Waals surface area contributed by atoms with Crippen LogP contribution in [0.25, 0.3) is 16.6 Å². The molecule has 162 valence electrons. The van der Waals surface area contributed by atoms with Gasteiger partial charge in [0.05, 0.1) is 16.9 Å². The number of pyridine rings is 1. The SMILES string of the molecule is CCNC(=O)N1CCN(c2ccnn3cc(-c4ccc([C@H]5CCCN5)nc4)cc23)CC1. The van der Waals surface area contributed by atoms with Crippen molar-refractivity contribution in [2.24, 2.45) is 0 Å². The summed E-state index contributed by atoms with van der Waals surface area (Å²) in [4.78, 5) is 21.0. The predicted octanol–water partition coefficient (Wildman–Crippen LogP) is 2.67. The number of amides is 2. The molecule has 2 aliphatic heterocycles. The third kappa shape index (κ3) is 3.95. The average molecular weight is 420 g/mol. The van der Waals surface area contributed by atoms with Crippen LogP contribution in [-0.2, 0) is 0 Å². The number of carbonyl (C=O) groups excluding carboxylic acids is 1. The number of anilines is 1. The Bertz CT molecular complexity index is 1050. The Balaban J connectivity index is 1.35. The molecule has 3 aromatic rings. The number of rotatable bonds is 4. The van der Waals surface area contributed by atoms with Crippen molar-refractivity contribution in [1.29, 1.82) is 0 Å². The second kappa shape index (κ2) is 8.55. The van der Waals surface area contributed by atoms with Gasteiger partial charge < -0.3 is 20.4 Å². The van der Waals surface area contributed by atoms with Crippen LogP contribution in [0.4, 0.5) is 10.5 Å². The molecule has 0 spiro atoms. The molecule has 8 heteroatoms. The van der Waals surface area contributed by atoms with Gasteiger partial charge in [0, 0.05) is 68.5 Å². The Morgan fingerprint density at radius 1 is 1.19 bits per heavy atom. The van der Waals surface area contributed by atoms with E-state index < -0.39 is 0 Å². The number of nitrogens with zero attached hydrogens (tertiary/aromatic N) is 5. The molecular weight excluding hydrogens is 390 g/mol. The second-order valence-electron chi connectivity index (χ2n) is 8.21. The van der Waals surface area contributed by atoms with Gasteiger partial charge in [0.15, 0.2) is 0 Å². The zero-order valence-electron chi connectivity index (χ0n) is 17.9. The predicted molar refractivity (Wildman–Crippen MR) is 121 cm³/mol. The van der Waals surface area contributed by atoms with E-state index in [9.17, 15) is 4.79 Å². The first-order chi connectivity index (χ1) is 15.2. The zero-order valence-corrected chi connectivity index (χ0v) is 17.9. The van der Waals surface area contributed by atoms with E-state index in [-0.39, 0.29) is 6.03 Å². The number of aromatic nitrogens is 3. The van der Waals surface area contributed by atoms with Crippen molar-refractivity contribution in [3.05, 3.63) is 48.5 Å². The van der Waals surface area contributed by atoms with Crippen molar-refractivity contribution in [1.82, 2.24) is 30.1 Å². The zero-order chi connectivity index (χ0) is 21.2. The van der Waals surface area contributed by atoms with Gasteiger partial charge in [-0.05, 0) is 44.5 Å². The summed E-state index contributed by atoms with van der Waals surface area (Å²) >= 11 is 0. The molecule has 2 aliphatic rings. The maximum absolute atomic E-state index is 12.1. The summed E-state index contributed by atoms with van der Waals surface area (Å²) in [5.74, 6) is 0. The van der Waals surface area contributed by atoms with E-state index in [0.717, 1.165) is 54.1 Å². The van der Waals surface area contributed by atoms with E-state index in [1.54, 1.807) is 0 Å². The van der Waals surface area contributed by atoms with E-state index in [4.69, 9.17) is 4.98 Å². The summed E-state index contributed by atoms with van der Waals surface area (Å²) < 4.78 is 1.94. The molecule has 0 radical (unpaired) electrons. The van der Waals surface area contributed by atoms with E-state index in [1.807, 2.05) is 28.7 Å². The Morgan fingerprint density at radius 2 is 2.06 bits per heavy atom. The molecule has 2 N–H and O–H groups in total. The largest absolute Gasteiger partial charge is 0.366 e. The summed E-state index contributed by atoms with van der Waals surface area (Å²) in [6.45, 7) is 6.72. The minimum absolute atomic E-state index is 0.0238. The molecule has 0 unspecified atom stereocenters. The molecule has 2 fully saturated rings. The molecule has 3 aromatic heterocycles. The van der Waals surface area contributed by atoms with Crippen LogP contribution in [0.2, 0.25) is 0 Å². The molecule has 5 rings (SSSR count). The monoisotopic (exact) mass is 419 g/mol. The Hall–Kier alpha value is -3.13. The van der Waals surface area contributed by atoms with E-state index in [1.165, 1.54) is 6.42 Å². The number of hydrogen-bond acceptors (Lipinski definition) is 5. The van der Waals surface area contributed by atoms with Gasteiger partial charge in [-0.3, -0.25) is 4.98 Å². The topological polar surface area (TPSA) is 77.8 Å². The quantitative estimate of drug-likeness (QED) is 0.680. The van der Waals surface area contributed by atoms with Gasteiger partial charge in [-0.25, -0.2) is 9.31 Å². The van der Waals surface area contributed by atoms with E-state index >= 15 is 0 Å². The number of carbonyl (C=O) groups is 1. The summed E-state index contributed by atoms with van der Waals surface area (Å²) in [5, 5.41) is 10.9. The van der Waals surface area contributed by atoms with Gasteiger partial charge in [0.2, 0.25) is 0 Å². The number of hydrogen-bond donors (Lipinski definition) is 2. The fourth-order valence-corrected chi connectivity index (χ4v) is 4.56. The van der Waals surface area contributed by atoms with Crippen LogP contribution in [0.1, 0.15) is 31.5 Å². The van der Waals surface area contributed by atoms with Gasteiger partial charge in [-0.2, -0.15) is 5.10 Å². The minimum atomic E-state index is 0.0238. The Labute approximate surface area is 182 Å². The lowest BCUT2D eigenvalue weighted by Gasteiger charge is -2.36. The van der Waals surface area contributed by atoms with Crippen molar-refractivity contribution in [2.75, 3.05) is 44.2 Å². The Kier molecular flexibility index (Phi) is 5.46. The highest BCUT2D eigenvalue weighted by Gasteiger charge is 2.23. The highest BCUT2D eigenvalue weighted by Crippen LogP contribution is 2.29. The summed E-state index contributed by atoms with van der Waals surface area (Å²) in [6.07, 6.45) is 8.24. The number of nitrogens with one attached hydrogen (secondary N) is 2. The van der Waals surface area contributed by atoms with E-state index in [0.29, 0.717) is 25.7 Å². The van der Waals surface area contributed by atoms with Crippen LogP contribution < -0.4 is 15.5 Å². The normalized spacial score (nSPS) is 19.2. The molecule has 0 aliphatic carbocycles. The number of fused-ring (bicyclic) bond motifs is 1. The standard InChI is InChI=1S/C23H29N7O/c1-2-24-23(31)29-12-10-28(11-13-29)21-7-9-27-30-16-18(14-22(21)30)17-5-6-20(26-15-17)19-4-3-8-25-19/h5-7,9,14-16,19,25H,2-4,8,10-13H2,1H3,(H,24,31)/t19-/m1/s1. The molecule has 2 amide bonds. The lowest BCUT2D eigenvalue weighted by atomic mass is 10.1. The molecule has 31 heavy (non-hydrogen) atoms. The van der Waals surface area contributed by atoms with Gasteiger partial charge in [-0.15, -0.1) is 0 Å². The summed E-state index contributed by atoms with van der Waals surface area (Å²) in [5.41, 5.74) is 5.55. The van der Waals surface area contributed by atoms with Gasteiger partial charge >= 0.3 is 6.03 Å². The van der Waals surface area contributed by atoms with Crippen molar-refractivity contribution in [3.63, 3.8) is 0 Å². The van der Waals surface area contributed by atoms with Crippen LogP contribution in [0.15, 0.2) is 42.9 Å². The molecule has 1 atom stereocenters. The lowest BCUT2D eigenvalue weighted by Crippen LogP contribution is -2.51. The number of urea groups is 1. The summed E-state index contributed by atoms with van der Waals surface area (Å²) in [6, 6.07) is 8.94. The maximum Gasteiger partial charge on any atom is 0.317 e. The fourth-order valence-electron chi connectivity index (χ4n) is 4.56. The minimum Gasteiger partial charge on any atom is -0.366 e. The third-order valence-corrected chi connectivity index (χ3v) is 6.26. The smallest absolute Gasteiger partial charge is 0.317 e. The first kappa shape index (κ1) is 19.8. The Morgan fingerprint density at radius 3 is 2.77 bits per heavy atom. The molecule has 0 saturated carbocycles. The molecular formula is C23H29N7O. The van der Waals surface area contributed by atoms with Gasteiger partial charge in [0.1, 0.15) is 0 Å². The first-order valence-electron chi connectivity index (χ1n) is 11.2. The van der Waals surface area contributed by atoms with Crippen LogP contribution in [-0.4, -0.2) is 64.8 Å². The van der Waals surface area contributed by atoms with Crippen LogP contribution in [0, 0.1) is 0 Å². The molecule has 5 heterocycles.